The van der Waals surface area contributed by atoms with Crippen molar-refractivity contribution in [1.82, 2.24) is 0 Å². The molecule has 0 bridgehead atoms. The summed E-state index contributed by atoms with van der Waals surface area (Å²) < 4.78 is 9.64. The van der Waals surface area contributed by atoms with Crippen molar-refractivity contribution >= 4 is 0 Å². The van der Waals surface area contributed by atoms with Crippen LogP contribution in [0.15, 0.2) is 12.7 Å². The normalized spacial score (nSPS) is 15.9. The Labute approximate surface area is 67.6 Å². The maximum absolute atomic E-state index is 9.56. The highest BCUT2D eigenvalue weighted by molar-refractivity contribution is 4.94. The van der Waals surface area contributed by atoms with Gasteiger partial charge >= 0.3 is 0 Å². The summed E-state index contributed by atoms with van der Waals surface area (Å²) in [7, 11) is 1.54. The van der Waals surface area contributed by atoms with Gasteiger partial charge in [0, 0.05) is 7.11 Å². The van der Waals surface area contributed by atoms with E-state index in [9.17, 15) is 5.11 Å². The molecule has 0 aliphatic rings. The number of hydrogen-bond donors (Lipinski definition) is 1. The van der Waals surface area contributed by atoms with E-state index in [1.165, 1.54) is 6.08 Å². The van der Waals surface area contributed by atoms with Crippen LogP contribution in [0.25, 0.3) is 0 Å². The molecular formula is C8H16O3. The number of methoxy groups -OCH3 is 1. The van der Waals surface area contributed by atoms with Crippen LogP contribution in [-0.4, -0.2) is 31.2 Å². The fourth-order valence-electron chi connectivity index (χ4n) is 0.607. The molecule has 66 valence electrons. The quantitative estimate of drug-likeness (QED) is 0.357. The van der Waals surface area contributed by atoms with E-state index in [1.54, 1.807) is 7.11 Å². The van der Waals surface area contributed by atoms with E-state index in [0.717, 1.165) is 0 Å². The molecule has 0 radical (unpaired) electrons. The summed E-state index contributed by atoms with van der Waals surface area (Å²) in [6, 6.07) is 0. The Morgan fingerprint density at radius 1 is 1.64 bits per heavy atom. The third kappa shape index (κ3) is 4.14. The summed E-state index contributed by atoms with van der Waals surface area (Å²) >= 11 is 0. The van der Waals surface area contributed by atoms with Crippen LogP contribution in [0.1, 0.15) is 13.3 Å². The summed E-state index contributed by atoms with van der Waals surface area (Å²) in [5.74, 6) is 0. The average Bonchev–Trinajstić information content (AvgIpc) is 2.05. The van der Waals surface area contributed by atoms with E-state index in [0.29, 0.717) is 6.42 Å². The molecule has 0 fully saturated rings. The molecule has 0 heterocycles. The molecule has 3 nitrogen and oxygen atoms in total. The highest BCUT2D eigenvalue weighted by Gasteiger charge is 2.19. The lowest BCUT2D eigenvalue weighted by Gasteiger charge is -2.21. The monoisotopic (exact) mass is 160 g/mol. The topological polar surface area (TPSA) is 38.7 Å². The van der Waals surface area contributed by atoms with Crippen LogP contribution in [0.3, 0.4) is 0 Å². The lowest BCUT2D eigenvalue weighted by atomic mass is 10.0. The molecule has 0 saturated carbocycles. The Hall–Kier alpha value is -0.380. The zero-order valence-electron chi connectivity index (χ0n) is 7.17. The van der Waals surface area contributed by atoms with E-state index in [2.05, 4.69) is 11.3 Å². The van der Waals surface area contributed by atoms with E-state index < -0.39 is 5.60 Å². The van der Waals surface area contributed by atoms with Crippen LogP contribution < -0.4 is 0 Å². The fraction of sp³-hybridized carbons (Fsp3) is 0.750. The van der Waals surface area contributed by atoms with E-state index in [1.807, 2.05) is 6.92 Å². The average molecular weight is 160 g/mol. The van der Waals surface area contributed by atoms with E-state index in [4.69, 9.17) is 4.74 Å². The van der Waals surface area contributed by atoms with Crippen LogP contribution in [0.5, 0.6) is 0 Å². The highest BCUT2D eigenvalue weighted by Crippen LogP contribution is 2.10. The second-order valence-corrected chi connectivity index (χ2v) is 2.42. The van der Waals surface area contributed by atoms with Crippen LogP contribution in [0, 0.1) is 0 Å². The van der Waals surface area contributed by atoms with Crippen molar-refractivity contribution < 1.29 is 14.6 Å². The first-order valence-electron chi connectivity index (χ1n) is 3.61. The van der Waals surface area contributed by atoms with Crippen LogP contribution in [0.2, 0.25) is 0 Å². The summed E-state index contributed by atoms with van der Waals surface area (Å²) in [5.41, 5.74) is -0.904. The smallest absolute Gasteiger partial charge is 0.146 e. The molecule has 0 amide bonds. The molecule has 0 aliphatic heterocycles. The second kappa shape index (κ2) is 5.29. The first kappa shape index (κ1) is 10.6. The minimum Gasteiger partial charge on any atom is -0.383 e. The van der Waals surface area contributed by atoms with Crippen molar-refractivity contribution in [2.24, 2.45) is 0 Å². The molecule has 0 aliphatic carbocycles. The standard InChI is InChI=1S/C8H16O3/c1-4-8(9,5-2)6-11-7-10-3/h4,9H,1,5-7H2,2-3H3. The SMILES string of the molecule is C=CC(O)(CC)COCOC. The summed E-state index contributed by atoms with van der Waals surface area (Å²) in [4.78, 5) is 0. The molecule has 1 N–H and O–H groups in total. The third-order valence-electron chi connectivity index (χ3n) is 1.55. The molecule has 0 rings (SSSR count). The first-order chi connectivity index (χ1) is 5.18. The second-order valence-electron chi connectivity index (χ2n) is 2.42. The zero-order valence-corrected chi connectivity index (χ0v) is 7.17. The maximum Gasteiger partial charge on any atom is 0.146 e. The molecule has 11 heavy (non-hydrogen) atoms. The van der Waals surface area contributed by atoms with Crippen molar-refractivity contribution in [3.63, 3.8) is 0 Å². The van der Waals surface area contributed by atoms with Gasteiger partial charge in [0.15, 0.2) is 0 Å². The van der Waals surface area contributed by atoms with Gasteiger partial charge in [0.1, 0.15) is 12.4 Å². The zero-order chi connectivity index (χ0) is 8.74. The number of aliphatic hydroxyl groups is 1. The Bertz CT molecular complexity index is 114. The maximum atomic E-state index is 9.56. The molecule has 0 spiro atoms. The van der Waals surface area contributed by atoms with Gasteiger partial charge in [-0.15, -0.1) is 6.58 Å². The van der Waals surface area contributed by atoms with Crippen LogP contribution in [-0.2, 0) is 9.47 Å². The van der Waals surface area contributed by atoms with Crippen LogP contribution in [0.4, 0.5) is 0 Å². The molecule has 0 aromatic rings. The lowest BCUT2D eigenvalue weighted by Crippen LogP contribution is -2.31. The predicted octanol–water partition coefficient (Wildman–Crippen LogP) is 0.934. The summed E-state index contributed by atoms with van der Waals surface area (Å²) in [6.07, 6.45) is 2.09. The largest absolute Gasteiger partial charge is 0.383 e. The van der Waals surface area contributed by atoms with Gasteiger partial charge in [-0.3, -0.25) is 0 Å². The van der Waals surface area contributed by atoms with Crippen molar-refractivity contribution in [2.75, 3.05) is 20.5 Å². The molecule has 1 atom stereocenters. The Kier molecular flexibility index (Phi) is 5.11. The fourth-order valence-corrected chi connectivity index (χ4v) is 0.607. The number of rotatable bonds is 6. The van der Waals surface area contributed by atoms with Crippen molar-refractivity contribution in [1.29, 1.82) is 0 Å². The molecular weight excluding hydrogens is 144 g/mol. The highest BCUT2D eigenvalue weighted by atomic mass is 16.7. The van der Waals surface area contributed by atoms with Crippen LogP contribution >= 0.6 is 0 Å². The number of ether oxygens (including phenoxy) is 2. The Morgan fingerprint density at radius 3 is 2.64 bits per heavy atom. The molecule has 0 aromatic carbocycles. The summed E-state index contributed by atoms with van der Waals surface area (Å²) in [6.45, 7) is 5.83. The van der Waals surface area contributed by atoms with Gasteiger partial charge in [0.25, 0.3) is 0 Å². The van der Waals surface area contributed by atoms with Gasteiger partial charge in [-0.2, -0.15) is 0 Å². The predicted molar refractivity (Wildman–Crippen MR) is 43.3 cm³/mol. The third-order valence-corrected chi connectivity index (χ3v) is 1.55. The molecule has 0 aromatic heterocycles. The van der Waals surface area contributed by atoms with Gasteiger partial charge in [0.05, 0.1) is 6.61 Å². The van der Waals surface area contributed by atoms with Gasteiger partial charge < -0.3 is 14.6 Å². The van der Waals surface area contributed by atoms with Crippen molar-refractivity contribution in [3.05, 3.63) is 12.7 Å². The van der Waals surface area contributed by atoms with Crippen molar-refractivity contribution in [2.45, 2.75) is 18.9 Å². The Morgan fingerprint density at radius 2 is 2.27 bits per heavy atom. The van der Waals surface area contributed by atoms with E-state index in [-0.39, 0.29) is 13.4 Å². The van der Waals surface area contributed by atoms with Gasteiger partial charge in [-0.05, 0) is 6.42 Å². The molecule has 3 heteroatoms. The Balaban J connectivity index is 3.60. The van der Waals surface area contributed by atoms with E-state index >= 15 is 0 Å². The molecule has 0 saturated heterocycles. The summed E-state index contributed by atoms with van der Waals surface area (Å²) in [5, 5.41) is 9.56. The van der Waals surface area contributed by atoms with Gasteiger partial charge in [-0.25, -0.2) is 0 Å². The van der Waals surface area contributed by atoms with Crippen molar-refractivity contribution in [3.8, 4) is 0 Å². The number of hydrogen-bond acceptors (Lipinski definition) is 3. The van der Waals surface area contributed by atoms with Gasteiger partial charge in [-0.1, -0.05) is 13.0 Å². The minimum absolute atomic E-state index is 0.205. The minimum atomic E-state index is -0.904. The molecule has 1 unspecified atom stereocenters. The van der Waals surface area contributed by atoms with Gasteiger partial charge in [0.2, 0.25) is 0 Å². The first-order valence-corrected chi connectivity index (χ1v) is 3.61. The lowest BCUT2D eigenvalue weighted by molar-refractivity contribution is -0.0848.